The van der Waals surface area contributed by atoms with E-state index in [0.29, 0.717) is 40.1 Å². The van der Waals surface area contributed by atoms with Gasteiger partial charge >= 0.3 is 0 Å². The maximum absolute atomic E-state index is 13.5. The van der Waals surface area contributed by atoms with Gasteiger partial charge < -0.3 is 10.2 Å². The number of benzene rings is 1. The number of carbonyl (C=O) groups excluding carboxylic acids is 3. The molecule has 166 valence electrons. The summed E-state index contributed by atoms with van der Waals surface area (Å²) in [5, 5.41) is 2.73. The second kappa shape index (κ2) is 8.94. The maximum atomic E-state index is 13.5. The molecule has 2 unspecified atom stereocenters. The molecule has 2 aromatic rings. The monoisotopic (exact) mass is 432 g/mol. The van der Waals surface area contributed by atoms with Crippen molar-refractivity contribution in [3.8, 4) is 0 Å². The standard InChI is InChI=1S/C25H28N4O3/c1-16-12-17(2)14-28(13-16)23-22(19-7-9-20(10-8-19)27-18(3)30)24(31)29(25(23)32)15-21-6-4-5-11-26-21/h4-11,16-17H,12-15H2,1-3H3,(H,27,30). The zero-order valence-electron chi connectivity index (χ0n) is 18.7. The normalized spacial score (nSPS) is 21.3. The topological polar surface area (TPSA) is 82.6 Å². The minimum absolute atomic E-state index is 0.133. The highest BCUT2D eigenvalue weighted by Crippen LogP contribution is 2.36. The number of carbonyl (C=O) groups is 3. The van der Waals surface area contributed by atoms with Crippen LogP contribution in [0.15, 0.2) is 54.4 Å². The lowest BCUT2D eigenvalue weighted by atomic mass is 9.91. The summed E-state index contributed by atoms with van der Waals surface area (Å²) in [5.41, 5.74) is 2.86. The fourth-order valence-electron chi connectivity index (χ4n) is 4.68. The summed E-state index contributed by atoms with van der Waals surface area (Å²) in [7, 11) is 0. The second-order valence-electron chi connectivity index (χ2n) is 8.85. The van der Waals surface area contributed by atoms with Gasteiger partial charge in [-0.3, -0.25) is 24.3 Å². The third-order valence-electron chi connectivity index (χ3n) is 5.87. The van der Waals surface area contributed by atoms with Crippen LogP contribution in [0.25, 0.3) is 5.57 Å². The Morgan fingerprint density at radius 2 is 1.72 bits per heavy atom. The van der Waals surface area contributed by atoms with Crippen LogP contribution in [0.3, 0.4) is 0 Å². The van der Waals surface area contributed by atoms with E-state index < -0.39 is 0 Å². The molecule has 0 radical (unpaired) electrons. The fraction of sp³-hybridized carbons (Fsp3) is 0.360. The third kappa shape index (κ3) is 4.42. The molecule has 32 heavy (non-hydrogen) atoms. The van der Waals surface area contributed by atoms with Gasteiger partial charge in [-0.2, -0.15) is 0 Å². The lowest BCUT2D eigenvalue weighted by molar-refractivity contribution is -0.138. The van der Waals surface area contributed by atoms with E-state index in [-0.39, 0.29) is 24.3 Å². The molecular formula is C25H28N4O3. The van der Waals surface area contributed by atoms with Crippen molar-refractivity contribution in [2.45, 2.75) is 33.7 Å². The van der Waals surface area contributed by atoms with E-state index in [1.807, 2.05) is 12.1 Å². The second-order valence-corrected chi connectivity index (χ2v) is 8.85. The van der Waals surface area contributed by atoms with Crippen molar-refractivity contribution in [3.05, 3.63) is 65.6 Å². The summed E-state index contributed by atoms with van der Waals surface area (Å²) >= 11 is 0. The van der Waals surface area contributed by atoms with Crippen molar-refractivity contribution in [1.82, 2.24) is 14.8 Å². The zero-order valence-corrected chi connectivity index (χ0v) is 18.7. The highest BCUT2D eigenvalue weighted by Gasteiger charge is 2.43. The van der Waals surface area contributed by atoms with E-state index >= 15 is 0 Å². The predicted octanol–water partition coefficient (Wildman–Crippen LogP) is 3.30. The van der Waals surface area contributed by atoms with Crippen molar-refractivity contribution >= 4 is 29.0 Å². The van der Waals surface area contributed by atoms with Gasteiger partial charge in [0.25, 0.3) is 11.8 Å². The Labute approximate surface area is 188 Å². The number of aromatic nitrogens is 1. The van der Waals surface area contributed by atoms with Crippen molar-refractivity contribution < 1.29 is 14.4 Å². The molecule has 2 atom stereocenters. The molecular weight excluding hydrogens is 404 g/mol. The summed E-state index contributed by atoms with van der Waals surface area (Å²) < 4.78 is 0. The number of anilines is 1. The van der Waals surface area contributed by atoms with Gasteiger partial charge in [0.1, 0.15) is 5.70 Å². The molecule has 3 heterocycles. The molecule has 1 saturated heterocycles. The Morgan fingerprint density at radius 3 is 2.31 bits per heavy atom. The van der Waals surface area contributed by atoms with Gasteiger partial charge in [0.15, 0.2) is 0 Å². The van der Waals surface area contributed by atoms with Crippen LogP contribution in [0, 0.1) is 11.8 Å². The molecule has 1 aromatic heterocycles. The zero-order chi connectivity index (χ0) is 22.8. The molecule has 7 heteroatoms. The molecule has 3 amide bonds. The molecule has 0 saturated carbocycles. The number of nitrogens with zero attached hydrogens (tertiary/aromatic N) is 3. The molecule has 1 aromatic carbocycles. The van der Waals surface area contributed by atoms with Crippen molar-refractivity contribution in [1.29, 1.82) is 0 Å². The molecule has 2 aliphatic rings. The summed E-state index contributed by atoms with van der Waals surface area (Å²) in [6, 6.07) is 12.5. The first kappa shape index (κ1) is 21.7. The van der Waals surface area contributed by atoms with Gasteiger partial charge in [0.05, 0.1) is 17.8 Å². The Morgan fingerprint density at radius 1 is 1.03 bits per heavy atom. The smallest absolute Gasteiger partial charge is 0.278 e. The SMILES string of the molecule is CC(=O)Nc1ccc(C2=C(N3CC(C)CC(C)C3)C(=O)N(Cc3ccccn3)C2=O)cc1. The highest BCUT2D eigenvalue weighted by molar-refractivity contribution is 6.35. The van der Waals surface area contributed by atoms with Crippen molar-refractivity contribution in [2.75, 3.05) is 18.4 Å². The van der Waals surface area contributed by atoms with Crippen LogP contribution >= 0.6 is 0 Å². The van der Waals surface area contributed by atoms with E-state index in [9.17, 15) is 14.4 Å². The lowest BCUT2D eigenvalue weighted by Gasteiger charge is -2.37. The van der Waals surface area contributed by atoms with Gasteiger partial charge in [-0.1, -0.05) is 32.0 Å². The van der Waals surface area contributed by atoms with Crippen LogP contribution in [0.2, 0.25) is 0 Å². The average molecular weight is 433 g/mol. The Hall–Kier alpha value is -3.48. The molecule has 0 spiro atoms. The van der Waals surface area contributed by atoms with Gasteiger partial charge in [-0.15, -0.1) is 0 Å². The summed E-state index contributed by atoms with van der Waals surface area (Å²) in [6.07, 6.45) is 2.76. The molecule has 2 aliphatic heterocycles. The number of hydrogen-bond acceptors (Lipinski definition) is 5. The van der Waals surface area contributed by atoms with Crippen LogP contribution < -0.4 is 5.32 Å². The molecule has 1 N–H and O–H groups in total. The number of nitrogens with one attached hydrogen (secondary N) is 1. The molecule has 7 nitrogen and oxygen atoms in total. The Balaban J connectivity index is 1.73. The lowest BCUT2D eigenvalue weighted by Crippen LogP contribution is -2.41. The van der Waals surface area contributed by atoms with Gasteiger partial charge in [0.2, 0.25) is 5.91 Å². The predicted molar refractivity (Wildman–Crippen MR) is 122 cm³/mol. The molecule has 4 rings (SSSR count). The van der Waals surface area contributed by atoms with E-state index in [2.05, 4.69) is 29.0 Å². The summed E-state index contributed by atoms with van der Waals surface area (Å²) in [6.45, 7) is 7.42. The van der Waals surface area contributed by atoms with Crippen LogP contribution in [-0.2, 0) is 20.9 Å². The van der Waals surface area contributed by atoms with Crippen LogP contribution in [0.5, 0.6) is 0 Å². The number of pyridine rings is 1. The molecule has 1 fully saturated rings. The number of likely N-dealkylation sites (tertiary alicyclic amines) is 1. The Bertz CT molecular complexity index is 1050. The third-order valence-corrected chi connectivity index (χ3v) is 5.87. The van der Waals surface area contributed by atoms with Gasteiger partial charge in [-0.05, 0) is 48.1 Å². The first-order chi connectivity index (χ1) is 15.3. The van der Waals surface area contributed by atoms with Crippen LogP contribution in [0.4, 0.5) is 5.69 Å². The number of amides is 3. The first-order valence-electron chi connectivity index (χ1n) is 11.0. The molecule has 0 aliphatic carbocycles. The van der Waals surface area contributed by atoms with Crippen LogP contribution in [-0.4, -0.2) is 45.6 Å². The van der Waals surface area contributed by atoms with Crippen molar-refractivity contribution in [3.63, 3.8) is 0 Å². The quantitative estimate of drug-likeness (QED) is 0.733. The first-order valence-corrected chi connectivity index (χ1v) is 11.0. The minimum Gasteiger partial charge on any atom is -0.366 e. The van der Waals surface area contributed by atoms with E-state index in [1.165, 1.54) is 11.8 Å². The number of rotatable bonds is 5. The Kier molecular flexibility index (Phi) is 6.08. The highest BCUT2D eigenvalue weighted by atomic mass is 16.2. The summed E-state index contributed by atoms with van der Waals surface area (Å²) in [4.78, 5) is 46.1. The fourth-order valence-corrected chi connectivity index (χ4v) is 4.68. The van der Waals surface area contributed by atoms with Gasteiger partial charge in [0, 0.05) is 31.9 Å². The maximum Gasteiger partial charge on any atom is 0.278 e. The van der Waals surface area contributed by atoms with Gasteiger partial charge in [-0.25, -0.2) is 0 Å². The molecule has 0 bridgehead atoms. The minimum atomic E-state index is -0.311. The van der Waals surface area contributed by atoms with E-state index in [4.69, 9.17) is 0 Å². The largest absolute Gasteiger partial charge is 0.366 e. The van der Waals surface area contributed by atoms with E-state index in [0.717, 1.165) is 19.5 Å². The summed E-state index contributed by atoms with van der Waals surface area (Å²) in [5.74, 6) is 0.115. The van der Waals surface area contributed by atoms with Crippen molar-refractivity contribution in [2.24, 2.45) is 11.8 Å². The van der Waals surface area contributed by atoms with Crippen LogP contribution in [0.1, 0.15) is 38.4 Å². The number of imide groups is 1. The number of hydrogen-bond donors (Lipinski definition) is 1. The number of piperidine rings is 1. The van der Waals surface area contributed by atoms with E-state index in [1.54, 1.807) is 36.5 Å². The average Bonchev–Trinajstić information content (AvgIpc) is 2.99.